The molecule has 0 saturated carbocycles. The first kappa shape index (κ1) is 10.2. The highest BCUT2D eigenvalue weighted by atomic mass is 79.9. The summed E-state index contributed by atoms with van der Waals surface area (Å²) in [6, 6.07) is 2.06. The number of hydrogen-bond acceptors (Lipinski definition) is 3. The van der Waals surface area contributed by atoms with Crippen LogP contribution < -0.4 is 5.73 Å². The van der Waals surface area contributed by atoms with Crippen LogP contribution in [0, 0.1) is 6.92 Å². The normalized spacial score (nSPS) is 13.3. The molecule has 12 heavy (non-hydrogen) atoms. The number of halogens is 1. The maximum absolute atomic E-state index is 9.31. The van der Waals surface area contributed by atoms with Crippen LogP contribution in [-0.2, 0) is 6.42 Å². The van der Waals surface area contributed by atoms with E-state index in [9.17, 15) is 5.11 Å². The van der Waals surface area contributed by atoms with E-state index in [0.29, 0.717) is 13.0 Å². The smallest absolute Gasteiger partial charge is 0.0710 e. The van der Waals surface area contributed by atoms with Gasteiger partial charge in [0.1, 0.15) is 0 Å². The van der Waals surface area contributed by atoms with E-state index in [1.807, 2.05) is 6.92 Å². The Kier molecular flexibility index (Phi) is 3.71. The topological polar surface area (TPSA) is 46.2 Å². The maximum Gasteiger partial charge on any atom is 0.0710 e. The average molecular weight is 250 g/mol. The third kappa shape index (κ3) is 2.55. The lowest BCUT2D eigenvalue weighted by molar-refractivity contribution is 0.184. The summed E-state index contributed by atoms with van der Waals surface area (Å²) in [5, 5.41) is 9.31. The van der Waals surface area contributed by atoms with E-state index in [2.05, 4.69) is 22.0 Å². The molecule has 0 aromatic carbocycles. The van der Waals surface area contributed by atoms with Gasteiger partial charge in [0.15, 0.2) is 0 Å². The number of rotatable bonds is 3. The van der Waals surface area contributed by atoms with Crippen molar-refractivity contribution in [2.75, 3.05) is 6.54 Å². The summed E-state index contributed by atoms with van der Waals surface area (Å²) in [7, 11) is 0. The summed E-state index contributed by atoms with van der Waals surface area (Å²) in [5.41, 5.74) is 5.32. The van der Waals surface area contributed by atoms with Crippen LogP contribution in [-0.4, -0.2) is 17.8 Å². The van der Waals surface area contributed by atoms with Crippen molar-refractivity contribution in [2.45, 2.75) is 19.4 Å². The second-order valence-corrected chi connectivity index (χ2v) is 4.92. The van der Waals surface area contributed by atoms with Crippen LogP contribution in [0.1, 0.15) is 9.75 Å². The monoisotopic (exact) mass is 249 g/mol. The molecule has 0 aliphatic carbocycles. The molecule has 0 aliphatic rings. The van der Waals surface area contributed by atoms with Crippen molar-refractivity contribution >= 4 is 27.3 Å². The molecule has 2 nitrogen and oxygen atoms in total. The molecule has 0 amide bonds. The molecule has 0 radical (unpaired) electrons. The second-order valence-electron chi connectivity index (χ2n) is 2.72. The van der Waals surface area contributed by atoms with Crippen molar-refractivity contribution < 1.29 is 5.11 Å². The molecule has 3 N–H and O–H groups in total. The van der Waals surface area contributed by atoms with Crippen LogP contribution in [0.5, 0.6) is 0 Å². The Morgan fingerprint density at radius 3 is 2.83 bits per heavy atom. The summed E-state index contributed by atoms with van der Waals surface area (Å²) in [6.45, 7) is 2.37. The van der Waals surface area contributed by atoms with E-state index in [4.69, 9.17) is 5.73 Å². The van der Waals surface area contributed by atoms with Gasteiger partial charge in [0, 0.05) is 27.2 Å². The number of hydrogen-bond donors (Lipinski definition) is 2. The van der Waals surface area contributed by atoms with Gasteiger partial charge in [-0.1, -0.05) is 0 Å². The number of nitrogens with two attached hydrogens (primary N) is 1. The molecule has 1 heterocycles. The van der Waals surface area contributed by atoms with E-state index in [-0.39, 0.29) is 0 Å². The SMILES string of the molecule is Cc1cc(Br)c(CC(O)CN)s1. The van der Waals surface area contributed by atoms with Gasteiger partial charge in [-0.3, -0.25) is 0 Å². The van der Waals surface area contributed by atoms with E-state index < -0.39 is 6.10 Å². The molecule has 0 aliphatic heterocycles. The largest absolute Gasteiger partial charge is 0.391 e. The van der Waals surface area contributed by atoms with Crippen LogP contribution >= 0.6 is 27.3 Å². The second kappa shape index (κ2) is 4.37. The molecule has 0 bridgehead atoms. The molecular formula is C8H12BrNOS. The van der Waals surface area contributed by atoms with Gasteiger partial charge >= 0.3 is 0 Å². The van der Waals surface area contributed by atoms with Gasteiger partial charge < -0.3 is 10.8 Å². The van der Waals surface area contributed by atoms with Crippen LogP contribution in [0.2, 0.25) is 0 Å². The molecule has 4 heteroatoms. The summed E-state index contributed by atoms with van der Waals surface area (Å²) in [6.07, 6.45) is 0.231. The average Bonchev–Trinajstić information content (AvgIpc) is 2.30. The molecule has 1 unspecified atom stereocenters. The number of thiophene rings is 1. The summed E-state index contributed by atoms with van der Waals surface area (Å²) in [5.74, 6) is 0. The lowest BCUT2D eigenvalue weighted by Crippen LogP contribution is -2.21. The fourth-order valence-corrected chi connectivity index (χ4v) is 2.87. The van der Waals surface area contributed by atoms with Crippen LogP contribution in [0.4, 0.5) is 0 Å². The lowest BCUT2D eigenvalue weighted by atomic mass is 10.2. The first-order chi connectivity index (χ1) is 5.63. The van der Waals surface area contributed by atoms with E-state index >= 15 is 0 Å². The molecule has 0 fully saturated rings. The summed E-state index contributed by atoms with van der Waals surface area (Å²) < 4.78 is 1.08. The molecule has 68 valence electrons. The van der Waals surface area contributed by atoms with Gasteiger partial charge in [-0.05, 0) is 28.9 Å². The van der Waals surface area contributed by atoms with E-state index in [0.717, 1.165) is 4.47 Å². The highest BCUT2D eigenvalue weighted by Crippen LogP contribution is 2.27. The van der Waals surface area contributed by atoms with Gasteiger partial charge in [0.25, 0.3) is 0 Å². The highest BCUT2D eigenvalue weighted by Gasteiger charge is 2.08. The van der Waals surface area contributed by atoms with Gasteiger partial charge in [-0.2, -0.15) is 0 Å². The fraction of sp³-hybridized carbons (Fsp3) is 0.500. The number of aryl methyl sites for hydroxylation is 1. The number of aliphatic hydroxyl groups is 1. The Labute approximate surface area is 84.5 Å². The molecule has 1 atom stereocenters. The summed E-state index contributed by atoms with van der Waals surface area (Å²) >= 11 is 5.13. The highest BCUT2D eigenvalue weighted by molar-refractivity contribution is 9.10. The predicted octanol–water partition coefficient (Wildman–Crippen LogP) is 1.68. The first-order valence-electron chi connectivity index (χ1n) is 3.76. The zero-order valence-corrected chi connectivity index (χ0v) is 9.28. The number of aliphatic hydroxyl groups excluding tert-OH is 1. The van der Waals surface area contributed by atoms with Crippen LogP contribution in [0.3, 0.4) is 0 Å². The Morgan fingerprint density at radius 1 is 1.75 bits per heavy atom. The van der Waals surface area contributed by atoms with Crippen molar-refractivity contribution in [3.8, 4) is 0 Å². The maximum atomic E-state index is 9.31. The van der Waals surface area contributed by atoms with Gasteiger partial charge in [0.2, 0.25) is 0 Å². The van der Waals surface area contributed by atoms with Gasteiger partial charge in [0.05, 0.1) is 6.10 Å². The van der Waals surface area contributed by atoms with Crippen LogP contribution in [0.25, 0.3) is 0 Å². The first-order valence-corrected chi connectivity index (χ1v) is 5.37. The molecule has 0 saturated heterocycles. The van der Waals surface area contributed by atoms with Crippen molar-refractivity contribution in [1.29, 1.82) is 0 Å². The van der Waals surface area contributed by atoms with Crippen molar-refractivity contribution in [3.63, 3.8) is 0 Å². The minimum atomic E-state index is -0.417. The molecule has 1 aromatic rings. The Balaban J connectivity index is 2.68. The van der Waals surface area contributed by atoms with Crippen LogP contribution in [0.15, 0.2) is 10.5 Å². The molecule has 1 aromatic heterocycles. The molecule has 1 rings (SSSR count). The fourth-order valence-electron chi connectivity index (χ4n) is 0.968. The Morgan fingerprint density at radius 2 is 2.42 bits per heavy atom. The standard InChI is InChI=1S/C8H12BrNOS/c1-5-2-7(9)8(12-5)3-6(11)4-10/h2,6,11H,3-4,10H2,1H3. The van der Waals surface area contributed by atoms with E-state index in [1.165, 1.54) is 9.75 Å². The van der Waals surface area contributed by atoms with E-state index in [1.54, 1.807) is 11.3 Å². The van der Waals surface area contributed by atoms with Gasteiger partial charge in [-0.15, -0.1) is 11.3 Å². The Hall–Kier alpha value is 0.1000. The molecule has 0 spiro atoms. The van der Waals surface area contributed by atoms with Crippen molar-refractivity contribution in [1.82, 2.24) is 0 Å². The van der Waals surface area contributed by atoms with Crippen molar-refractivity contribution in [2.24, 2.45) is 5.73 Å². The minimum Gasteiger partial charge on any atom is -0.391 e. The lowest BCUT2D eigenvalue weighted by Gasteiger charge is -2.04. The minimum absolute atomic E-state index is 0.323. The summed E-state index contributed by atoms with van der Waals surface area (Å²) in [4.78, 5) is 2.42. The zero-order chi connectivity index (χ0) is 9.14. The predicted molar refractivity (Wildman–Crippen MR) is 55.5 cm³/mol. The Bertz CT molecular complexity index is 262. The molecular weight excluding hydrogens is 238 g/mol. The quantitative estimate of drug-likeness (QED) is 0.857. The zero-order valence-electron chi connectivity index (χ0n) is 6.88. The van der Waals surface area contributed by atoms with Gasteiger partial charge in [-0.25, -0.2) is 0 Å². The van der Waals surface area contributed by atoms with Crippen molar-refractivity contribution in [3.05, 3.63) is 20.3 Å². The third-order valence-corrected chi connectivity index (χ3v) is 3.62. The third-order valence-electron chi connectivity index (χ3n) is 1.57.